The van der Waals surface area contributed by atoms with Crippen molar-refractivity contribution in [1.29, 1.82) is 0 Å². The van der Waals surface area contributed by atoms with Gasteiger partial charge in [0, 0.05) is 10.7 Å². The topological polar surface area (TPSA) is 52.0 Å². The molecule has 0 aliphatic heterocycles. The summed E-state index contributed by atoms with van der Waals surface area (Å²) in [5.74, 6) is -0.562. The molecule has 2 rings (SSSR count). The first-order valence-electron chi connectivity index (χ1n) is 5.33. The molecule has 8 heteroatoms. The second-order valence-electron chi connectivity index (χ2n) is 3.72. The van der Waals surface area contributed by atoms with Gasteiger partial charge in [0.15, 0.2) is 5.15 Å². The lowest BCUT2D eigenvalue weighted by Gasteiger charge is -2.03. The summed E-state index contributed by atoms with van der Waals surface area (Å²) in [6, 6.07) is 5.78. The van der Waals surface area contributed by atoms with Gasteiger partial charge in [-0.3, -0.25) is 0 Å². The molecule has 0 N–H and O–H groups in total. The first kappa shape index (κ1) is 14.3. The molecule has 0 saturated carbocycles. The second kappa shape index (κ2) is 5.11. The van der Waals surface area contributed by atoms with Crippen molar-refractivity contribution in [3.05, 3.63) is 40.9 Å². The smallest absolute Gasteiger partial charge is 0.218 e. The van der Waals surface area contributed by atoms with Crippen molar-refractivity contribution in [3.63, 3.8) is 0 Å². The molecule has 0 unspecified atom stereocenters. The van der Waals surface area contributed by atoms with Gasteiger partial charge in [0.25, 0.3) is 9.05 Å². The summed E-state index contributed by atoms with van der Waals surface area (Å²) in [6.45, 7) is 1.70. The molecular formula is C11H9Cl2FN2O2S. The highest BCUT2D eigenvalue weighted by Crippen LogP contribution is 2.31. The number of nitrogens with zero attached hydrogens (tertiary/aromatic N) is 2. The summed E-state index contributed by atoms with van der Waals surface area (Å²) in [6.07, 6.45) is 0.308. The minimum atomic E-state index is -4.04. The number of hydrogen-bond acceptors (Lipinski definition) is 3. The quantitative estimate of drug-likeness (QED) is 0.815. The zero-order valence-corrected chi connectivity index (χ0v) is 12.1. The van der Waals surface area contributed by atoms with Gasteiger partial charge in [-0.05, 0) is 18.6 Å². The van der Waals surface area contributed by atoms with E-state index in [9.17, 15) is 12.8 Å². The Morgan fingerprint density at radius 1 is 1.37 bits per heavy atom. The normalized spacial score (nSPS) is 11.8. The van der Waals surface area contributed by atoms with Crippen molar-refractivity contribution < 1.29 is 12.8 Å². The molecule has 1 heterocycles. The van der Waals surface area contributed by atoms with Crippen LogP contribution in [0.15, 0.2) is 29.2 Å². The Labute approximate surface area is 119 Å². The molecule has 0 saturated heterocycles. The van der Waals surface area contributed by atoms with Crippen LogP contribution in [0, 0.1) is 5.82 Å². The summed E-state index contributed by atoms with van der Waals surface area (Å²) < 4.78 is 37.7. The van der Waals surface area contributed by atoms with E-state index in [2.05, 4.69) is 5.10 Å². The summed E-state index contributed by atoms with van der Waals surface area (Å²) in [5, 5.41) is 3.78. The minimum absolute atomic E-state index is 0.0637. The number of aryl methyl sites for hydroxylation is 1. The van der Waals surface area contributed by atoms with Crippen LogP contribution in [0.1, 0.15) is 12.6 Å². The average Bonchev–Trinajstić information content (AvgIpc) is 2.66. The Balaban J connectivity index is 2.75. The van der Waals surface area contributed by atoms with Crippen LogP contribution >= 0.6 is 22.3 Å². The average molecular weight is 323 g/mol. The Kier molecular flexibility index (Phi) is 3.85. The molecule has 1 aromatic heterocycles. The molecule has 0 aliphatic rings. The number of benzene rings is 1. The predicted molar refractivity (Wildman–Crippen MR) is 70.9 cm³/mol. The standard InChI is InChI=1S/C11H9Cl2FN2O2S/c1-2-8-10(19(13,17)18)11(12)16(15-8)9-6-4-3-5-7(9)14/h3-6H,2H2,1H3. The summed E-state index contributed by atoms with van der Waals surface area (Å²) >= 11 is 5.97. The monoisotopic (exact) mass is 322 g/mol. The van der Waals surface area contributed by atoms with Gasteiger partial charge in [-0.15, -0.1) is 0 Å². The number of hydrogen-bond donors (Lipinski definition) is 0. The van der Waals surface area contributed by atoms with Crippen molar-refractivity contribution >= 4 is 31.3 Å². The van der Waals surface area contributed by atoms with Crippen LogP contribution in [0.2, 0.25) is 5.15 Å². The molecule has 0 aliphatic carbocycles. The second-order valence-corrected chi connectivity index (χ2v) is 6.58. The van der Waals surface area contributed by atoms with Crippen LogP contribution in [0.4, 0.5) is 4.39 Å². The number of aromatic nitrogens is 2. The van der Waals surface area contributed by atoms with Crippen LogP contribution in [-0.4, -0.2) is 18.2 Å². The molecule has 0 fully saturated rings. The first-order chi connectivity index (χ1) is 8.86. The van der Waals surface area contributed by atoms with E-state index in [4.69, 9.17) is 22.3 Å². The molecule has 2 aromatic rings. The van der Waals surface area contributed by atoms with Gasteiger partial charge >= 0.3 is 0 Å². The van der Waals surface area contributed by atoms with Crippen LogP contribution in [0.25, 0.3) is 5.69 Å². The molecule has 0 amide bonds. The fourth-order valence-corrected chi connectivity index (χ4v) is 3.58. The van der Waals surface area contributed by atoms with E-state index < -0.39 is 14.9 Å². The zero-order valence-electron chi connectivity index (χ0n) is 9.77. The summed E-state index contributed by atoms with van der Waals surface area (Å²) in [4.78, 5) is -0.276. The molecule has 19 heavy (non-hydrogen) atoms. The van der Waals surface area contributed by atoms with Gasteiger partial charge in [-0.2, -0.15) is 5.10 Å². The van der Waals surface area contributed by atoms with Gasteiger partial charge < -0.3 is 0 Å². The summed E-state index contributed by atoms with van der Waals surface area (Å²) in [7, 11) is 1.29. The largest absolute Gasteiger partial charge is 0.266 e. The lowest BCUT2D eigenvalue weighted by atomic mass is 10.3. The van der Waals surface area contributed by atoms with E-state index in [0.717, 1.165) is 4.68 Å². The van der Waals surface area contributed by atoms with Crippen LogP contribution in [-0.2, 0) is 15.5 Å². The van der Waals surface area contributed by atoms with Gasteiger partial charge in [-0.1, -0.05) is 30.7 Å². The highest BCUT2D eigenvalue weighted by molar-refractivity contribution is 8.13. The molecular weight excluding hydrogens is 314 g/mol. The van der Waals surface area contributed by atoms with E-state index in [1.807, 2.05) is 0 Å². The third-order valence-electron chi connectivity index (χ3n) is 2.52. The van der Waals surface area contributed by atoms with Crippen molar-refractivity contribution in [2.45, 2.75) is 18.2 Å². The number of para-hydroxylation sites is 1. The molecule has 1 aromatic carbocycles. The van der Waals surface area contributed by atoms with Crippen molar-refractivity contribution in [2.75, 3.05) is 0 Å². The van der Waals surface area contributed by atoms with Gasteiger partial charge in [-0.25, -0.2) is 17.5 Å². The molecule has 0 atom stereocenters. The zero-order chi connectivity index (χ0) is 14.2. The maximum absolute atomic E-state index is 13.7. The Bertz CT molecular complexity index is 728. The molecule has 102 valence electrons. The fourth-order valence-electron chi connectivity index (χ4n) is 1.68. The maximum Gasteiger partial charge on any atom is 0.266 e. The molecule has 0 spiro atoms. The third-order valence-corrected chi connectivity index (χ3v) is 4.36. The van der Waals surface area contributed by atoms with Gasteiger partial charge in [0.1, 0.15) is 16.4 Å². The predicted octanol–water partition coefficient (Wildman–Crippen LogP) is 3.15. The van der Waals surface area contributed by atoms with E-state index >= 15 is 0 Å². The molecule has 4 nitrogen and oxygen atoms in total. The Hall–Kier alpha value is -1.11. The summed E-state index contributed by atoms with van der Waals surface area (Å²) in [5.41, 5.74) is 0.261. The van der Waals surface area contributed by atoms with Crippen LogP contribution in [0.5, 0.6) is 0 Å². The van der Waals surface area contributed by atoms with Crippen molar-refractivity contribution in [2.24, 2.45) is 0 Å². The number of halogens is 3. The van der Waals surface area contributed by atoms with E-state index in [-0.39, 0.29) is 21.4 Å². The molecule has 0 radical (unpaired) electrons. The van der Waals surface area contributed by atoms with Crippen LogP contribution < -0.4 is 0 Å². The lowest BCUT2D eigenvalue weighted by molar-refractivity contribution is 0.607. The third kappa shape index (κ3) is 2.61. The van der Waals surface area contributed by atoms with E-state index in [0.29, 0.717) is 6.42 Å². The van der Waals surface area contributed by atoms with Gasteiger partial charge in [0.05, 0.1) is 5.69 Å². The van der Waals surface area contributed by atoms with E-state index in [1.165, 1.54) is 18.2 Å². The minimum Gasteiger partial charge on any atom is -0.218 e. The van der Waals surface area contributed by atoms with Gasteiger partial charge in [0.2, 0.25) is 0 Å². The first-order valence-corrected chi connectivity index (χ1v) is 8.02. The Morgan fingerprint density at radius 3 is 2.47 bits per heavy atom. The SMILES string of the molecule is CCc1nn(-c2ccccc2F)c(Cl)c1S(=O)(=O)Cl. The van der Waals surface area contributed by atoms with Crippen molar-refractivity contribution in [3.8, 4) is 5.69 Å². The molecule has 0 bridgehead atoms. The van der Waals surface area contributed by atoms with Crippen LogP contribution in [0.3, 0.4) is 0 Å². The lowest BCUT2D eigenvalue weighted by Crippen LogP contribution is -2.00. The Morgan fingerprint density at radius 2 is 2.00 bits per heavy atom. The van der Waals surface area contributed by atoms with Crippen molar-refractivity contribution in [1.82, 2.24) is 9.78 Å². The highest BCUT2D eigenvalue weighted by atomic mass is 35.7. The fraction of sp³-hybridized carbons (Fsp3) is 0.182. The highest BCUT2D eigenvalue weighted by Gasteiger charge is 2.26. The maximum atomic E-state index is 13.7. The number of rotatable bonds is 3. The van der Waals surface area contributed by atoms with E-state index in [1.54, 1.807) is 13.0 Å².